The minimum Gasteiger partial charge on any atom is -0.326 e. The quantitative estimate of drug-likeness (QED) is 0.877. The average molecular weight is 242 g/mol. The Bertz CT molecular complexity index is 641. The summed E-state index contributed by atoms with van der Waals surface area (Å²) in [5, 5.41) is 0. The maximum atomic E-state index is 12.3. The highest BCUT2D eigenvalue weighted by molar-refractivity contribution is 5.44. The molecule has 3 heteroatoms. The predicted molar refractivity (Wildman–Crippen MR) is 74.1 cm³/mol. The van der Waals surface area contributed by atoms with Gasteiger partial charge in [0.1, 0.15) is 0 Å². The number of rotatable bonds is 2. The fourth-order valence-electron chi connectivity index (χ4n) is 2.18. The van der Waals surface area contributed by atoms with Crippen LogP contribution in [0.15, 0.2) is 35.1 Å². The van der Waals surface area contributed by atoms with Crippen molar-refractivity contribution in [2.24, 2.45) is 5.73 Å². The third kappa shape index (κ3) is 2.09. The zero-order chi connectivity index (χ0) is 13.3. The van der Waals surface area contributed by atoms with E-state index < -0.39 is 0 Å². The molecule has 0 spiro atoms. The summed E-state index contributed by atoms with van der Waals surface area (Å²) < 4.78 is 1.73. The standard InChI is InChI=1S/C15H18N2O/c1-10-4-7-14(11(2)8-10)17-12(3)5-6-13(9-16)15(17)18/h4-8H,9,16H2,1-3H3. The first-order valence-electron chi connectivity index (χ1n) is 6.04. The monoisotopic (exact) mass is 242 g/mol. The van der Waals surface area contributed by atoms with Gasteiger partial charge in [0.25, 0.3) is 5.56 Å². The molecule has 0 atom stereocenters. The highest BCUT2D eigenvalue weighted by Crippen LogP contribution is 2.16. The predicted octanol–water partition coefficient (Wildman–Crippen LogP) is 2.22. The van der Waals surface area contributed by atoms with E-state index in [0.717, 1.165) is 16.9 Å². The molecule has 0 bridgehead atoms. The van der Waals surface area contributed by atoms with Gasteiger partial charge in [-0.1, -0.05) is 23.8 Å². The fourth-order valence-corrected chi connectivity index (χ4v) is 2.18. The van der Waals surface area contributed by atoms with E-state index in [0.29, 0.717) is 5.56 Å². The van der Waals surface area contributed by atoms with Crippen molar-refractivity contribution in [3.05, 3.63) is 63.1 Å². The lowest BCUT2D eigenvalue weighted by atomic mass is 10.1. The number of aromatic nitrogens is 1. The van der Waals surface area contributed by atoms with E-state index in [-0.39, 0.29) is 12.1 Å². The number of hydrogen-bond donors (Lipinski definition) is 1. The van der Waals surface area contributed by atoms with Gasteiger partial charge >= 0.3 is 0 Å². The third-order valence-electron chi connectivity index (χ3n) is 3.17. The highest BCUT2D eigenvalue weighted by atomic mass is 16.1. The molecule has 1 aromatic carbocycles. The van der Waals surface area contributed by atoms with Gasteiger partial charge < -0.3 is 5.73 Å². The number of benzene rings is 1. The molecule has 1 aromatic heterocycles. The van der Waals surface area contributed by atoms with Gasteiger partial charge in [-0.05, 0) is 38.5 Å². The maximum Gasteiger partial charge on any atom is 0.259 e. The number of nitrogens with zero attached hydrogens (tertiary/aromatic N) is 1. The number of hydrogen-bond acceptors (Lipinski definition) is 2. The molecule has 0 saturated carbocycles. The summed E-state index contributed by atoms with van der Waals surface area (Å²) in [6.07, 6.45) is 0. The van der Waals surface area contributed by atoms with Gasteiger partial charge in [-0.3, -0.25) is 9.36 Å². The van der Waals surface area contributed by atoms with Crippen LogP contribution < -0.4 is 11.3 Å². The lowest BCUT2D eigenvalue weighted by Crippen LogP contribution is -2.26. The van der Waals surface area contributed by atoms with Crippen molar-refractivity contribution in [2.45, 2.75) is 27.3 Å². The van der Waals surface area contributed by atoms with Gasteiger partial charge in [0.2, 0.25) is 0 Å². The van der Waals surface area contributed by atoms with E-state index in [1.54, 1.807) is 10.6 Å². The van der Waals surface area contributed by atoms with Crippen LogP contribution >= 0.6 is 0 Å². The molecule has 18 heavy (non-hydrogen) atoms. The van der Waals surface area contributed by atoms with Crippen LogP contribution in [0, 0.1) is 20.8 Å². The van der Waals surface area contributed by atoms with Crippen molar-refractivity contribution in [3.63, 3.8) is 0 Å². The van der Waals surface area contributed by atoms with Crippen LogP contribution in [0.5, 0.6) is 0 Å². The van der Waals surface area contributed by atoms with Crippen molar-refractivity contribution in [1.29, 1.82) is 0 Å². The topological polar surface area (TPSA) is 48.0 Å². The Morgan fingerprint density at radius 3 is 2.44 bits per heavy atom. The second kappa shape index (κ2) is 4.78. The van der Waals surface area contributed by atoms with E-state index in [1.807, 2.05) is 39.0 Å². The highest BCUT2D eigenvalue weighted by Gasteiger charge is 2.09. The zero-order valence-electron chi connectivity index (χ0n) is 11.0. The molecule has 1 heterocycles. The van der Waals surface area contributed by atoms with Crippen molar-refractivity contribution >= 4 is 0 Å². The number of pyridine rings is 1. The van der Waals surface area contributed by atoms with E-state index >= 15 is 0 Å². The molecule has 2 aromatic rings. The van der Waals surface area contributed by atoms with Crippen molar-refractivity contribution in [2.75, 3.05) is 0 Å². The molecule has 0 amide bonds. The second-order valence-electron chi connectivity index (χ2n) is 4.63. The first-order valence-corrected chi connectivity index (χ1v) is 6.04. The van der Waals surface area contributed by atoms with Gasteiger partial charge in [-0.25, -0.2) is 0 Å². The summed E-state index contributed by atoms with van der Waals surface area (Å²) in [4.78, 5) is 12.3. The minimum atomic E-state index is -0.0237. The molecule has 94 valence electrons. The van der Waals surface area contributed by atoms with Crippen molar-refractivity contribution < 1.29 is 0 Å². The first kappa shape index (κ1) is 12.6. The molecule has 3 nitrogen and oxygen atoms in total. The molecule has 0 fully saturated rings. The third-order valence-corrected chi connectivity index (χ3v) is 3.17. The summed E-state index contributed by atoms with van der Waals surface area (Å²) in [5.41, 5.74) is 10.3. The molecule has 0 saturated heterocycles. The Balaban J connectivity index is 2.74. The van der Waals surface area contributed by atoms with Gasteiger partial charge in [-0.15, -0.1) is 0 Å². The molecule has 2 rings (SSSR count). The van der Waals surface area contributed by atoms with Crippen molar-refractivity contribution in [1.82, 2.24) is 4.57 Å². The van der Waals surface area contributed by atoms with E-state index in [2.05, 4.69) is 6.07 Å². The summed E-state index contributed by atoms with van der Waals surface area (Å²) >= 11 is 0. The summed E-state index contributed by atoms with van der Waals surface area (Å²) in [7, 11) is 0. The van der Waals surface area contributed by atoms with Gasteiger partial charge in [0.05, 0.1) is 5.69 Å². The average Bonchev–Trinajstić information content (AvgIpc) is 2.32. The molecular formula is C15H18N2O. The Morgan fingerprint density at radius 1 is 1.11 bits per heavy atom. The van der Waals surface area contributed by atoms with Gasteiger partial charge in [0.15, 0.2) is 0 Å². The zero-order valence-corrected chi connectivity index (χ0v) is 11.0. The van der Waals surface area contributed by atoms with Crippen LogP contribution in [-0.2, 0) is 6.54 Å². The summed E-state index contributed by atoms with van der Waals surface area (Å²) in [6.45, 7) is 6.26. The Morgan fingerprint density at radius 2 is 1.83 bits per heavy atom. The van der Waals surface area contributed by atoms with Crippen molar-refractivity contribution in [3.8, 4) is 5.69 Å². The minimum absolute atomic E-state index is 0.0237. The second-order valence-corrected chi connectivity index (χ2v) is 4.63. The molecule has 0 aliphatic carbocycles. The first-order chi connectivity index (χ1) is 8.54. The van der Waals surface area contributed by atoms with Crippen LogP contribution in [-0.4, -0.2) is 4.57 Å². The molecule has 2 N–H and O–H groups in total. The van der Waals surface area contributed by atoms with Gasteiger partial charge in [-0.2, -0.15) is 0 Å². The number of nitrogens with two attached hydrogens (primary N) is 1. The SMILES string of the molecule is Cc1ccc(-n2c(C)ccc(CN)c2=O)c(C)c1. The smallest absolute Gasteiger partial charge is 0.259 e. The Hall–Kier alpha value is -1.87. The normalized spacial score (nSPS) is 10.7. The molecule has 0 radical (unpaired) electrons. The molecule has 0 unspecified atom stereocenters. The van der Waals surface area contributed by atoms with E-state index in [4.69, 9.17) is 5.73 Å². The van der Waals surface area contributed by atoms with E-state index in [9.17, 15) is 4.79 Å². The van der Waals surface area contributed by atoms with E-state index in [1.165, 1.54) is 5.56 Å². The number of aryl methyl sites for hydroxylation is 3. The summed E-state index contributed by atoms with van der Waals surface area (Å²) in [5.74, 6) is 0. The maximum absolute atomic E-state index is 12.3. The van der Waals surface area contributed by atoms with Crippen LogP contribution in [0.1, 0.15) is 22.4 Å². The summed E-state index contributed by atoms with van der Waals surface area (Å²) in [6, 6.07) is 9.82. The van der Waals surface area contributed by atoms with Crippen LogP contribution in [0.3, 0.4) is 0 Å². The van der Waals surface area contributed by atoms with Crippen LogP contribution in [0.4, 0.5) is 0 Å². The molecule has 0 aliphatic heterocycles. The molecule has 0 aliphatic rings. The lowest BCUT2D eigenvalue weighted by molar-refractivity contribution is 0.882. The van der Waals surface area contributed by atoms with Crippen LogP contribution in [0.25, 0.3) is 5.69 Å². The molecular weight excluding hydrogens is 224 g/mol. The Labute approximate surface area is 107 Å². The lowest BCUT2D eigenvalue weighted by Gasteiger charge is -2.14. The van der Waals surface area contributed by atoms with Gasteiger partial charge in [0, 0.05) is 17.8 Å². The largest absolute Gasteiger partial charge is 0.326 e. The fraction of sp³-hybridized carbons (Fsp3) is 0.267. The Kier molecular flexibility index (Phi) is 3.34. The van der Waals surface area contributed by atoms with Crippen LogP contribution in [0.2, 0.25) is 0 Å².